The maximum Gasteiger partial charge on any atom is 0.248 e. The molecule has 35 nitrogen and oxygen atoms in total. The monoisotopic (exact) mass is 1430 g/mol. The molecule has 14 amide bonds. The molecule has 566 valence electrons. The van der Waals surface area contributed by atoms with Crippen LogP contribution in [0.5, 0.6) is 0 Å². The smallest absolute Gasteiger partial charge is 0.248 e. The van der Waals surface area contributed by atoms with E-state index in [1.807, 2.05) is 0 Å². The number of nitrogens with one attached hydrogen (secondary N) is 11. The fraction of sp³-hybridized carbons (Fsp3) is 0.773. The molecule has 6 fully saturated rings. The topological polar surface area (TPSA) is 535 Å². The fourth-order valence-corrected chi connectivity index (χ4v) is 14.4. The predicted molar refractivity (Wildman–Crippen MR) is 363 cm³/mol. The third kappa shape index (κ3) is 21.4. The van der Waals surface area contributed by atoms with Crippen LogP contribution in [0.4, 0.5) is 0 Å². The minimum Gasteiger partial charge on any atom is -0.394 e. The molecule has 0 aromatic carbocycles. The van der Waals surface area contributed by atoms with Gasteiger partial charge in [-0.15, -0.1) is 0 Å². The average Bonchev–Trinajstić information content (AvgIpc) is 1.62. The van der Waals surface area contributed by atoms with Crippen LogP contribution in [0, 0.1) is 23.2 Å². The average molecular weight is 1430 g/mol. The molecule has 18 atom stereocenters. The minimum atomic E-state index is -1.77. The number of hydrogen-bond acceptors (Lipinski definition) is 19. The van der Waals surface area contributed by atoms with Gasteiger partial charge >= 0.3 is 0 Å². The summed E-state index contributed by atoms with van der Waals surface area (Å²) >= 11 is 0. The van der Waals surface area contributed by atoms with Gasteiger partial charge in [-0.2, -0.15) is 0 Å². The molecular formula is C66H110N18O17. The molecule has 1 aliphatic carbocycles. The van der Waals surface area contributed by atoms with Gasteiger partial charge in [0.05, 0.1) is 18.8 Å². The Hall–Kier alpha value is -8.31. The van der Waals surface area contributed by atoms with Crippen molar-refractivity contribution in [2.24, 2.45) is 35.0 Å². The van der Waals surface area contributed by atoms with Gasteiger partial charge in [0.2, 0.25) is 82.7 Å². The van der Waals surface area contributed by atoms with Gasteiger partial charge in [0, 0.05) is 38.6 Å². The molecule has 0 aromatic heterocycles. The van der Waals surface area contributed by atoms with E-state index in [1.165, 1.54) is 40.4 Å². The van der Waals surface area contributed by atoms with E-state index in [4.69, 9.17) is 22.6 Å². The number of aliphatic hydroxyl groups excluding tert-OH is 3. The molecule has 0 bridgehead atoms. The molecule has 0 aromatic rings. The lowest BCUT2D eigenvalue weighted by atomic mass is 9.84. The van der Waals surface area contributed by atoms with Crippen LogP contribution in [0.3, 0.4) is 0 Å². The lowest BCUT2D eigenvalue weighted by Crippen LogP contribution is -2.63. The summed E-state index contributed by atoms with van der Waals surface area (Å²) in [6.45, 7) is 9.58. The molecule has 6 aliphatic rings. The van der Waals surface area contributed by atoms with Crippen molar-refractivity contribution in [3.63, 3.8) is 0 Å². The Morgan fingerprint density at radius 3 is 1.53 bits per heavy atom. The predicted octanol–water partition coefficient (Wildman–Crippen LogP) is -5.37. The van der Waals surface area contributed by atoms with Gasteiger partial charge in [-0.3, -0.25) is 72.5 Å². The Bertz CT molecular complexity index is 3010. The van der Waals surface area contributed by atoms with Gasteiger partial charge in [0.25, 0.3) is 0 Å². The van der Waals surface area contributed by atoms with Gasteiger partial charge in [-0.25, -0.2) is 0 Å². The van der Waals surface area contributed by atoms with E-state index in [1.54, 1.807) is 27.7 Å². The van der Waals surface area contributed by atoms with Crippen LogP contribution < -0.4 is 70.4 Å². The van der Waals surface area contributed by atoms with Crippen LogP contribution in [0.25, 0.3) is 0 Å². The highest BCUT2D eigenvalue weighted by atomic mass is 16.3. The molecule has 2 unspecified atom stereocenters. The number of carbonyl (C=O) groups is 14. The van der Waals surface area contributed by atoms with E-state index in [2.05, 4.69) is 53.2 Å². The summed E-state index contributed by atoms with van der Waals surface area (Å²) in [5.41, 5.74) is 17.0. The number of hydrogen-bond donors (Lipinski definition) is 17. The maximum atomic E-state index is 15.3. The first-order valence-corrected chi connectivity index (χ1v) is 35.9. The number of nitrogens with two attached hydrogens (primary N) is 3. The van der Waals surface area contributed by atoms with E-state index >= 15 is 4.79 Å². The van der Waals surface area contributed by atoms with Crippen molar-refractivity contribution in [1.82, 2.24) is 72.8 Å². The van der Waals surface area contributed by atoms with Gasteiger partial charge in [0.15, 0.2) is 5.96 Å². The number of aliphatic hydroxyl groups is 3. The zero-order valence-electron chi connectivity index (χ0n) is 59.2. The molecule has 1 saturated carbocycles. The summed E-state index contributed by atoms with van der Waals surface area (Å²) in [5.74, 6) is -13.8. The van der Waals surface area contributed by atoms with Crippen LogP contribution in [0.2, 0.25) is 0 Å². The van der Waals surface area contributed by atoms with Crippen LogP contribution in [0.1, 0.15) is 170 Å². The minimum absolute atomic E-state index is 0.0102. The van der Waals surface area contributed by atoms with Crippen molar-refractivity contribution in [3.05, 3.63) is 0 Å². The summed E-state index contributed by atoms with van der Waals surface area (Å²) in [5, 5.41) is 66.2. The number of nitrogens with zero attached hydrogens (tertiary/aromatic N) is 4. The highest BCUT2D eigenvalue weighted by Gasteiger charge is 2.53. The first-order chi connectivity index (χ1) is 47.8. The standard InChI is InChI=1S/C66H110N18O17/c1-8-34(4)50-64(100)83-30-16-23-46(83)63(99)84-43-20-10-9-17-38(43)31-47(84)59(95)75-41(24-25-48(68)88)54(90)73-39(18-11-12-26-67)56(92)80-52(37(7)87)65(101)82-29-15-22-45(82)62(98)81-28-14-21-44(81)58(94)74-40(19-13-27-71-66(69)70)55(91)77-49(33(2)3)60(96)79-51(36(6)86)61(97)72-35(5)53(89)76-42(32-85)57(93)78-50/h33-47,49-52,85-87H,8-32,67H2,1-7H3,(H2,68,88)(H,72,97)(H,73,90)(H,74,94)(H,75,95)(H,76,89)(H,77,91)(H,78,93)(H,79,96)(H,80,92)(H4,69,70,71)/t34-,35-,36+,37+,38?,39-,40-,41-,42-,43?,44+,45+,46-,47-,49-,50-,51-,52-/m0/s1. The van der Waals surface area contributed by atoms with Crippen LogP contribution >= 0.6 is 0 Å². The second-order valence-electron chi connectivity index (χ2n) is 28.2. The molecular weight excluding hydrogens is 1320 g/mol. The number of carbonyl (C=O) groups excluding carboxylic acids is 14. The molecule has 35 heteroatoms. The van der Waals surface area contributed by atoms with Crippen molar-refractivity contribution in [3.8, 4) is 0 Å². The zero-order chi connectivity index (χ0) is 74.7. The SMILES string of the molecule is CC[C@H](C)[C@@H]1NC(=O)[C@H](CO)NC(=O)[C@H](C)NC(=O)[C@H]([C@@H](C)O)NC(=O)[C@H](C(C)C)NC(=O)[C@H](CCCNC(=N)N)NC(=O)[C@H]2CCCN2C(=O)[C@H]2CCCN2C(=O)[C@H]([C@@H](C)O)NC(=O)[C@H](CCCCN)NC(=O)[C@H](CCC(N)=O)NC(=O)[C@@H]2CC3CCCCC3N2C(=O)[C@@H]2CCCN2C1=O. The molecule has 5 heterocycles. The molecule has 101 heavy (non-hydrogen) atoms. The second kappa shape index (κ2) is 38.1. The Kier molecular flexibility index (Phi) is 30.8. The highest BCUT2D eigenvalue weighted by molar-refractivity contribution is 6.01. The van der Waals surface area contributed by atoms with Crippen molar-refractivity contribution >= 4 is 88.7 Å². The number of primary amides is 1. The van der Waals surface area contributed by atoms with Crippen molar-refractivity contribution in [2.75, 3.05) is 39.3 Å². The summed E-state index contributed by atoms with van der Waals surface area (Å²) in [7, 11) is 0. The van der Waals surface area contributed by atoms with E-state index in [-0.39, 0.29) is 102 Å². The summed E-state index contributed by atoms with van der Waals surface area (Å²) < 4.78 is 0. The van der Waals surface area contributed by atoms with E-state index < -0.39 is 204 Å². The van der Waals surface area contributed by atoms with Crippen molar-refractivity contribution in [1.29, 1.82) is 5.41 Å². The first-order valence-electron chi connectivity index (χ1n) is 35.9. The van der Waals surface area contributed by atoms with Crippen molar-refractivity contribution in [2.45, 2.75) is 267 Å². The third-order valence-corrected chi connectivity index (χ3v) is 20.3. The third-order valence-electron chi connectivity index (χ3n) is 20.3. The number of amides is 14. The van der Waals surface area contributed by atoms with Crippen LogP contribution in [0.15, 0.2) is 0 Å². The number of guanidine groups is 1. The molecule has 0 radical (unpaired) electrons. The number of unbranched alkanes of at least 4 members (excludes halogenated alkanes) is 1. The van der Waals surface area contributed by atoms with E-state index in [0.717, 1.165) is 6.42 Å². The number of fused-ring (bicyclic) bond motifs is 6. The summed E-state index contributed by atoms with van der Waals surface area (Å²) in [6, 6.07) is -19.1. The lowest BCUT2D eigenvalue weighted by Gasteiger charge is -2.38. The zero-order valence-corrected chi connectivity index (χ0v) is 59.2. The van der Waals surface area contributed by atoms with Crippen LogP contribution in [-0.2, 0) is 67.1 Å². The molecule has 5 saturated heterocycles. The Morgan fingerprint density at radius 1 is 0.515 bits per heavy atom. The molecule has 5 aliphatic heterocycles. The largest absolute Gasteiger partial charge is 0.394 e. The molecule has 20 N–H and O–H groups in total. The Morgan fingerprint density at radius 2 is 0.980 bits per heavy atom. The van der Waals surface area contributed by atoms with E-state index in [9.17, 15) is 77.6 Å². The van der Waals surface area contributed by atoms with Gasteiger partial charge in [-0.05, 0) is 141 Å². The maximum absolute atomic E-state index is 15.3. The first kappa shape index (κ1) is 81.7. The Labute approximate surface area is 588 Å². The fourth-order valence-electron chi connectivity index (χ4n) is 14.4. The van der Waals surface area contributed by atoms with Gasteiger partial charge in [0.1, 0.15) is 78.5 Å². The molecule has 0 spiro atoms. The Balaban J connectivity index is 1.38. The van der Waals surface area contributed by atoms with Gasteiger partial charge in [-0.1, -0.05) is 47.0 Å². The quantitative estimate of drug-likeness (QED) is 0.0367. The molecule has 6 rings (SSSR count). The van der Waals surface area contributed by atoms with Crippen LogP contribution in [-0.4, -0.2) is 260 Å². The normalized spacial score (nSPS) is 31.1. The van der Waals surface area contributed by atoms with Crippen molar-refractivity contribution < 1.29 is 82.4 Å². The number of rotatable bonds is 17. The van der Waals surface area contributed by atoms with E-state index in [0.29, 0.717) is 51.4 Å². The second-order valence-corrected chi connectivity index (χ2v) is 28.2. The lowest BCUT2D eigenvalue weighted by molar-refractivity contribution is -0.150. The van der Waals surface area contributed by atoms with Gasteiger partial charge < -0.3 is 105 Å². The highest BCUT2D eigenvalue weighted by Crippen LogP contribution is 2.41. The summed E-state index contributed by atoms with van der Waals surface area (Å²) in [4.78, 5) is 207. The summed E-state index contributed by atoms with van der Waals surface area (Å²) in [6.07, 6.45) is 1.09.